The Hall–Kier alpha value is -2.10. The van der Waals surface area contributed by atoms with Crippen LogP contribution in [0.1, 0.15) is 62.2 Å². The summed E-state index contributed by atoms with van der Waals surface area (Å²) in [5, 5.41) is 10.6. The summed E-state index contributed by atoms with van der Waals surface area (Å²) in [5.41, 5.74) is 0.310. The Balaban J connectivity index is 2.03. The van der Waals surface area contributed by atoms with E-state index in [0.717, 1.165) is 36.0 Å². The number of aryl methyl sites for hydroxylation is 2. The zero-order valence-corrected chi connectivity index (χ0v) is 14.7. The molecular formula is C20H24O4. The Bertz CT molecular complexity index is 824. The third kappa shape index (κ3) is 2.36. The second kappa shape index (κ2) is 5.47. The van der Waals surface area contributed by atoms with Crippen molar-refractivity contribution < 1.29 is 19.1 Å². The number of carboxylic acids is 1. The zero-order valence-electron chi connectivity index (χ0n) is 14.7. The molecule has 1 N–H and O–H groups in total. The number of carbonyl (C=O) groups is 2. The third-order valence-electron chi connectivity index (χ3n) is 5.88. The molecule has 0 amide bonds. The van der Waals surface area contributed by atoms with Crippen molar-refractivity contribution in [2.24, 2.45) is 10.8 Å². The van der Waals surface area contributed by atoms with Gasteiger partial charge in [0.05, 0.1) is 5.41 Å². The average Bonchev–Trinajstić information content (AvgIpc) is 2.91. The van der Waals surface area contributed by atoms with Crippen LogP contribution in [0.25, 0.3) is 11.0 Å². The number of rotatable bonds is 4. The number of ketones is 1. The molecule has 1 aromatic heterocycles. The molecule has 1 aliphatic rings. The molecule has 0 unspecified atom stereocenters. The molecule has 0 atom stereocenters. The first-order chi connectivity index (χ1) is 11.2. The molecule has 1 heterocycles. The molecule has 1 aliphatic carbocycles. The summed E-state index contributed by atoms with van der Waals surface area (Å²) in [6.45, 7) is 6.58. The lowest BCUT2D eigenvalue weighted by atomic mass is 9.64. The molecule has 24 heavy (non-hydrogen) atoms. The van der Waals surface area contributed by atoms with Crippen LogP contribution in [0.15, 0.2) is 22.6 Å². The van der Waals surface area contributed by atoms with Crippen molar-refractivity contribution in [3.05, 3.63) is 35.1 Å². The predicted octanol–water partition coefficient (Wildman–Crippen LogP) is 4.63. The Morgan fingerprint density at radius 3 is 2.38 bits per heavy atom. The van der Waals surface area contributed by atoms with Crippen molar-refractivity contribution in [2.45, 2.75) is 53.4 Å². The van der Waals surface area contributed by atoms with Gasteiger partial charge in [-0.3, -0.25) is 9.59 Å². The summed E-state index contributed by atoms with van der Waals surface area (Å²) in [4.78, 5) is 24.6. The van der Waals surface area contributed by atoms with Gasteiger partial charge in [-0.15, -0.1) is 0 Å². The molecule has 2 aromatic rings. The van der Waals surface area contributed by atoms with Crippen LogP contribution < -0.4 is 0 Å². The fourth-order valence-electron chi connectivity index (χ4n) is 3.32. The highest BCUT2D eigenvalue weighted by molar-refractivity contribution is 6.05. The summed E-state index contributed by atoms with van der Waals surface area (Å²) in [6.07, 6.45) is 4.28. The molecule has 0 saturated carbocycles. The molecular weight excluding hydrogens is 304 g/mol. The van der Waals surface area contributed by atoms with Gasteiger partial charge in [-0.1, -0.05) is 26.0 Å². The molecule has 4 nitrogen and oxygen atoms in total. The SMILES string of the molecule is CC(C)(C(=O)O)C(C)(C)C(=O)c1ccc2c3c(oc2c1)CCCC3. The van der Waals surface area contributed by atoms with E-state index in [1.165, 1.54) is 12.0 Å². The Kier molecular flexibility index (Phi) is 3.82. The number of carbonyl (C=O) groups excluding carboxylic acids is 1. The molecule has 0 fully saturated rings. The van der Waals surface area contributed by atoms with E-state index in [2.05, 4.69) is 0 Å². The van der Waals surface area contributed by atoms with Gasteiger partial charge in [0.2, 0.25) is 0 Å². The molecule has 128 valence electrons. The van der Waals surface area contributed by atoms with Gasteiger partial charge in [0.1, 0.15) is 11.3 Å². The lowest BCUT2D eigenvalue weighted by Gasteiger charge is -2.36. The summed E-state index contributed by atoms with van der Waals surface area (Å²) < 4.78 is 5.96. The van der Waals surface area contributed by atoms with E-state index in [4.69, 9.17) is 4.42 Å². The molecule has 0 aliphatic heterocycles. The quantitative estimate of drug-likeness (QED) is 0.831. The number of aliphatic carboxylic acids is 1. The highest BCUT2D eigenvalue weighted by atomic mass is 16.4. The Morgan fingerprint density at radius 1 is 1.04 bits per heavy atom. The van der Waals surface area contributed by atoms with Gasteiger partial charge in [0.25, 0.3) is 0 Å². The molecule has 4 heteroatoms. The van der Waals surface area contributed by atoms with Crippen LogP contribution in [0.5, 0.6) is 0 Å². The number of furan rings is 1. The first kappa shape index (κ1) is 16.7. The first-order valence-corrected chi connectivity index (χ1v) is 8.49. The Labute approximate surface area is 141 Å². The van der Waals surface area contributed by atoms with Gasteiger partial charge in [0, 0.05) is 28.3 Å². The van der Waals surface area contributed by atoms with E-state index < -0.39 is 16.8 Å². The minimum Gasteiger partial charge on any atom is -0.481 e. The van der Waals surface area contributed by atoms with Crippen molar-refractivity contribution in [2.75, 3.05) is 0 Å². The highest BCUT2D eigenvalue weighted by Crippen LogP contribution is 2.42. The van der Waals surface area contributed by atoms with Gasteiger partial charge in [-0.05, 0) is 39.2 Å². The van der Waals surface area contributed by atoms with Crippen LogP contribution >= 0.6 is 0 Å². The maximum atomic E-state index is 13.0. The Morgan fingerprint density at radius 2 is 1.71 bits per heavy atom. The van der Waals surface area contributed by atoms with E-state index in [1.54, 1.807) is 39.8 Å². The summed E-state index contributed by atoms with van der Waals surface area (Å²) in [7, 11) is 0. The van der Waals surface area contributed by atoms with Crippen LogP contribution in [0.2, 0.25) is 0 Å². The van der Waals surface area contributed by atoms with Crippen LogP contribution in [-0.4, -0.2) is 16.9 Å². The van der Waals surface area contributed by atoms with Crippen LogP contribution in [0, 0.1) is 10.8 Å². The fraction of sp³-hybridized carbons (Fsp3) is 0.500. The largest absolute Gasteiger partial charge is 0.481 e. The fourth-order valence-corrected chi connectivity index (χ4v) is 3.32. The second-order valence-electron chi connectivity index (χ2n) is 7.81. The van der Waals surface area contributed by atoms with Gasteiger partial charge in [-0.25, -0.2) is 0 Å². The number of benzene rings is 1. The van der Waals surface area contributed by atoms with Gasteiger partial charge in [0.15, 0.2) is 5.78 Å². The van der Waals surface area contributed by atoms with E-state index in [-0.39, 0.29) is 5.78 Å². The molecule has 0 bridgehead atoms. The van der Waals surface area contributed by atoms with Crippen molar-refractivity contribution in [3.8, 4) is 0 Å². The number of hydrogen-bond donors (Lipinski definition) is 1. The predicted molar refractivity (Wildman–Crippen MR) is 92.4 cm³/mol. The standard InChI is InChI=1S/C20H24O4/c1-19(2,20(3,4)18(22)23)17(21)12-9-10-14-13-7-5-6-8-15(13)24-16(14)11-12/h9-11H,5-8H2,1-4H3,(H,22,23). The van der Waals surface area contributed by atoms with Gasteiger partial charge < -0.3 is 9.52 Å². The maximum absolute atomic E-state index is 13.0. The molecule has 0 saturated heterocycles. The monoisotopic (exact) mass is 328 g/mol. The van der Waals surface area contributed by atoms with E-state index in [0.29, 0.717) is 5.56 Å². The lowest BCUT2D eigenvalue weighted by Crippen LogP contribution is -2.45. The number of hydrogen-bond acceptors (Lipinski definition) is 3. The minimum absolute atomic E-state index is 0.175. The van der Waals surface area contributed by atoms with E-state index in [9.17, 15) is 14.7 Å². The number of Topliss-reactive ketones (excluding diaryl/α,β-unsaturated/α-hetero) is 1. The third-order valence-corrected chi connectivity index (χ3v) is 5.88. The van der Waals surface area contributed by atoms with Crippen LogP contribution in [0.3, 0.4) is 0 Å². The normalized spacial score (nSPS) is 15.3. The van der Waals surface area contributed by atoms with Crippen molar-refractivity contribution in [3.63, 3.8) is 0 Å². The van der Waals surface area contributed by atoms with Crippen LogP contribution in [0.4, 0.5) is 0 Å². The van der Waals surface area contributed by atoms with Crippen LogP contribution in [-0.2, 0) is 17.6 Å². The maximum Gasteiger partial charge on any atom is 0.310 e. The summed E-state index contributed by atoms with van der Waals surface area (Å²) in [6, 6.07) is 5.52. The summed E-state index contributed by atoms with van der Waals surface area (Å²) >= 11 is 0. The van der Waals surface area contributed by atoms with Crippen molar-refractivity contribution in [1.82, 2.24) is 0 Å². The minimum atomic E-state index is -1.17. The smallest absolute Gasteiger partial charge is 0.310 e. The number of carboxylic acid groups (broad SMARTS) is 1. The van der Waals surface area contributed by atoms with E-state index in [1.807, 2.05) is 6.07 Å². The van der Waals surface area contributed by atoms with Crippen molar-refractivity contribution in [1.29, 1.82) is 0 Å². The highest BCUT2D eigenvalue weighted by Gasteiger charge is 2.48. The zero-order chi connectivity index (χ0) is 17.7. The number of fused-ring (bicyclic) bond motifs is 3. The van der Waals surface area contributed by atoms with Gasteiger partial charge in [-0.2, -0.15) is 0 Å². The average molecular weight is 328 g/mol. The molecule has 0 spiro atoms. The summed E-state index contributed by atoms with van der Waals surface area (Å²) in [5.74, 6) is -0.118. The van der Waals surface area contributed by atoms with E-state index >= 15 is 0 Å². The van der Waals surface area contributed by atoms with Gasteiger partial charge >= 0.3 is 5.97 Å². The molecule has 1 aromatic carbocycles. The second-order valence-corrected chi connectivity index (χ2v) is 7.81. The first-order valence-electron chi connectivity index (χ1n) is 8.49. The topological polar surface area (TPSA) is 67.5 Å². The lowest BCUT2D eigenvalue weighted by molar-refractivity contribution is -0.151. The molecule has 3 rings (SSSR count). The van der Waals surface area contributed by atoms with Crippen molar-refractivity contribution >= 4 is 22.7 Å². The molecule has 0 radical (unpaired) electrons.